The Labute approximate surface area is 64.7 Å². The van der Waals surface area contributed by atoms with E-state index in [0.29, 0.717) is 0 Å². The van der Waals surface area contributed by atoms with E-state index in [1.807, 2.05) is 18.1 Å². The molecule has 3 N–H and O–H groups in total. The predicted octanol–water partition coefficient (Wildman–Crippen LogP) is 0.112. The first-order valence-corrected chi connectivity index (χ1v) is 3.47. The average molecular weight is 150 g/mol. The summed E-state index contributed by atoms with van der Waals surface area (Å²) in [5.74, 6) is 0. The van der Waals surface area contributed by atoms with Crippen molar-refractivity contribution in [3.63, 3.8) is 0 Å². The van der Waals surface area contributed by atoms with Crippen LogP contribution in [0.25, 0.3) is 5.70 Å². The maximum Gasteiger partial charge on any atom is 0.0638 e. The first-order valence-electron chi connectivity index (χ1n) is 3.47. The number of fused-ring (bicyclic) bond motifs is 1. The Hall–Kier alpha value is -1.45. The van der Waals surface area contributed by atoms with E-state index in [2.05, 4.69) is 10.2 Å². The predicted molar refractivity (Wildman–Crippen MR) is 42.2 cm³/mol. The van der Waals surface area contributed by atoms with Crippen LogP contribution < -0.4 is 5.73 Å². The smallest absolute Gasteiger partial charge is 0.0638 e. The summed E-state index contributed by atoms with van der Waals surface area (Å²) in [6.45, 7) is 0.857. The molecule has 0 radical (unpaired) electrons. The van der Waals surface area contributed by atoms with Crippen molar-refractivity contribution in [1.29, 1.82) is 0 Å². The van der Waals surface area contributed by atoms with Crippen molar-refractivity contribution in [2.45, 2.75) is 6.54 Å². The number of hydrogen-bond donors (Lipinski definition) is 2. The number of H-pyrrole nitrogens is 1. The second-order valence-corrected chi connectivity index (χ2v) is 2.76. The summed E-state index contributed by atoms with van der Waals surface area (Å²) < 4.78 is 0. The maximum absolute atomic E-state index is 5.74. The number of aromatic nitrogens is 2. The van der Waals surface area contributed by atoms with Crippen molar-refractivity contribution in [2.24, 2.45) is 5.73 Å². The van der Waals surface area contributed by atoms with E-state index in [4.69, 9.17) is 5.73 Å². The Morgan fingerprint density at radius 3 is 3.36 bits per heavy atom. The van der Waals surface area contributed by atoms with Gasteiger partial charge in [-0.15, -0.1) is 0 Å². The molecule has 2 heterocycles. The zero-order chi connectivity index (χ0) is 7.84. The fourth-order valence-corrected chi connectivity index (χ4v) is 1.28. The van der Waals surface area contributed by atoms with Gasteiger partial charge in [-0.05, 0) is 0 Å². The highest BCUT2D eigenvalue weighted by Crippen LogP contribution is 2.19. The zero-order valence-electron chi connectivity index (χ0n) is 6.33. The maximum atomic E-state index is 5.74. The standard InChI is InChI=1S/C7H10N4/c1-11-3-6(8)5-2-9-10-7(5)4-11/h2-3H,4,8H2,1H3,(H,9,10). The quantitative estimate of drug-likeness (QED) is 0.552. The zero-order valence-corrected chi connectivity index (χ0v) is 6.33. The van der Waals surface area contributed by atoms with Gasteiger partial charge in [-0.25, -0.2) is 0 Å². The van der Waals surface area contributed by atoms with Crippen molar-refractivity contribution in [3.8, 4) is 0 Å². The van der Waals surface area contributed by atoms with Crippen LogP contribution in [0.5, 0.6) is 0 Å². The second-order valence-electron chi connectivity index (χ2n) is 2.76. The van der Waals surface area contributed by atoms with Crippen molar-refractivity contribution in [2.75, 3.05) is 7.05 Å². The molecule has 1 aromatic rings. The highest BCUT2D eigenvalue weighted by Gasteiger charge is 2.13. The van der Waals surface area contributed by atoms with Crippen LogP contribution in [-0.2, 0) is 6.54 Å². The highest BCUT2D eigenvalue weighted by atomic mass is 15.2. The number of nitrogens with one attached hydrogen (secondary N) is 1. The molecule has 0 fully saturated rings. The van der Waals surface area contributed by atoms with Gasteiger partial charge in [0.2, 0.25) is 0 Å². The van der Waals surface area contributed by atoms with Crippen LogP contribution in [0.15, 0.2) is 12.4 Å². The normalized spacial score (nSPS) is 16.1. The molecule has 2 rings (SSSR count). The largest absolute Gasteiger partial charge is 0.397 e. The highest BCUT2D eigenvalue weighted by molar-refractivity contribution is 5.64. The third-order valence-electron chi connectivity index (χ3n) is 1.80. The summed E-state index contributed by atoms with van der Waals surface area (Å²) in [7, 11) is 1.98. The lowest BCUT2D eigenvalue weighted by atomic mass is 10.1. The molecule has 0 aromatic carbocycles. The molecule has 4 nitrogen and oxygen atoms in total. The lowest BCUT2D eigenvalue weighted by Crippen LogP contribution is -2.19. The van der Waals surface area contributed by atoms with Gasteiger partial charge in [-0.2, -0.15) is 5.10 Å². The van der Waals surface area contributed by atoms with Crippen LogP contribution in [-0.4, -0.2) is 22.1 Å². The van der Waals surface area contributed by atoms with Crippen LogP contribution in [0.4, 0.5) is 0 Å². The monoisotopic (exact) mass is 150 g/mol. The number of hydrogen-bond acceptors (Lipinski definition) is 3. The first-order chi connectivity index (χ1) is 5.27. The summed E-state index contributed by atoms with van der Waals surface area (Å²) in [5, 5.41) is 6.82. The number of nitrogens with zero attached hydrogens (tertiary/aromatic N) is 2. The van der Waals surface area contributed by atoms with E-state index >= 15 is 0 Å². The molecule has 0 saturated carbocycles. The van der Waals surface area contributed by atoms with Crippen LogP contribution in [0.3, 0.4) is 0 Å². The molecule has 11 heavy (non-hydrogen) atoms. The fourth-order valence-electron chi connectivity index (χ4n) is 1.28. The first kappa shape index (κ1) is 6.27. The molecule has 0 bridgehead atoms. The molecule has 1 aliphatic heterocycles. The lowest BCUT2D eigenvalue weighted by molar-refractivity contribution is 0.438. The molecule has 58 valence electrons. The van der Waals surface area contributed by atoms with E-state index in [1.54, 1.807) is 6.20 Å². The molecule has 0 unspecified atom stereocenters. The molecule has 1 aliphatic rings. The van der Waals surface area contributed by atoms with Crippen LogP contribution >= 0.6 is 0 Å². The van der Waals surface area contributed by atoms with Gasteiger partial charge in [0.1, 0.15) is 0 Å². The number of rotatable bonds is 0. The molecule has 4 heteroatoms. The second kappa shape index (κ2) is 2.02. The Morgan fingerprint density at radius 2 is 2.55 bits per heavy atom. The van der Waals surface area contributed by atoms with Crippen molar-refractivity contribution in [3.05, 3.63) is 23.7 Å². The summed E-state index contributed by atoms with van der Waals surface area (Å²) in [4.78, 5) is 2.02. The fraction of sp³-hybridized carbons (Fsp3) is 0.286. The SMILES string of the molecule is CN1C=C(N)c2cn[nH]c2C1. The van der Waals surface area contributed by atoms with Gasteiger partial charge in [0.05, 0.1) is 24.1 Å². The third-order valence-corrected chi connectivity index (χ3v) is 1.80. The molecule has 0 spiro atoms. The Bertz CT molecular complexity index is 299. The summed E-state index contributed by atoms with van der Waals surface area (Å²) in [5.41, 5.74) is 8.64. The van der Waals surface area contributed by atoms with Gasteiger partial charge in [0, 0.05) is 18.8 Å². The van der Waals surface area contributed by atoms with Gasteiger partial charge >= 0.3 is 0 Å². The van der Waals surface area contributed by atoms with Crippen molar-refractivity contribution in [1.82, 2.24) is 15.1 Å². The Kier molecular flexibility index (Phi) is 1.15. The van der Waals surface area contributed by atoms with E-state index in [9.17, 15) is 0 Å². The summed E-state index contributed by atoms with van der Waals surface area (Å²) >= 11 is 0. The van der Waals surface area contributed by atoms with Gasteiger partial charge in [0.25, 0.3) is 0 Å². The Morgan fingerprint density at radius 1 is 1.73 bits per heavy atom. The van der Waals surface area contributed by atoms with E-state index in [0.717, 1.165) is 23.5 Å². The molecule has 0 saturated heterocycles. The van der Waals surface area contributed by atoms with Crippen LogP contribution in [0.2, 0.25) is 0 Å². The number of aromatic amines is 1. The van der Waals surface area contributed by atoms with Crippen LogP contribution in [0, 0.1) is 0 Å². The average Bonchev–Trinajstić information content (AvgIpc) is 2.34. The topological polar surface area (TPSA) is 57.9 Å². The van der Waals surface area contributed by atoms with Gasteiger partial charge in [0.15, 0.2) is 0 Å². The molecular formula is C7H10N4. The van der Waals surface area contributed by atoms with Gasteiger partial charge in [-0.3, -0.25) is 5.10 Å². The summed E-state index contributed by atoms with van der Waals surface area (Å²) in [6.07, 6.45) is 3.67. The molecule has 0 atom stereocenters. The van der Waals surface area contributed by atoms with Gasteiger partial charge in [-0.1, -0.05) is 0 Å². The number of nitrogens with two attached hydrogens (primary N) is 1. The van der Waals surface area contributed by atoms with E-state index < -0.39 is 0 Å². The third kappa shape index (κ3) is 0.869. The van der Waals surface area contributed by atoms with E-state index in [-0.39, 0.29) is 0 Å². The minimum Gasteiger partial charge on any atom is -0.397 e. The molecule has 1 aromatic heterocycles. The Balaban J connectivity index is 2.50. The lowest BCUT2D eigenvalue weighted by Gasteiger charge is -2.19. The van der Waals surface area contributed by atoms with Crippen LogP contribution in [0.1, 0.15) is 11.3 Å². The van der Waals surface area contributed by atoms with Crippen molar-refractivity contribution >= 4 is 5.70 Å². The van der Waals surface area contributed by atoms with E-state index in [1.165, 1.54) is 0 Å². The molecule has 0 aliphatic carbocycles. The minimum absolute atomic E-state index is 0.780. The summed E-state index contributed by atoms with van der Waals surface area (Å²) in [6, 6.07) is 0. The molecule has 0 amide bonds. The minimum atomic E-state index is 0.780. The van der Waals surface area contributed by atoms with Gasteiger partial charge < -0.3 is 10.6 Å². The van der Waals surface area contributed by atoms with Crippen molar-refractivity contribution < 1.29 is 0 Å². The molecular weight excluding hydrogens is 140 g/mol.